The number of hydrogen-bond acceptors (Lipinski definition) is 4. The van der Waals surface area contributed by atoms with Crippen LogP contribution in [0, 0.1) is 0 Å². The first kappa shape index (κ1) is 12.8. The summed E-state index contributed by atoms with van der Waals surface area (Å²) in [7, 11) is 1.50. The van der Waals surface area contributed by atoms with Crippen molar-refractivity contribution in [2.45, 2.75) is 38.1 Å². The molecule has 1 atom stereocenters. The van der Waals surface area contributed by atoms with E-state index in [4.69, 9.17) is 4.74 Å². The fourth-order valence-corrected chi connectivity index (χ4v) is 2.94. The van der Waals surface area contributed by atoms with Gasteiger partial charge in [-0.1, -0.05) is 6.42 Å². The van der Waals surface area contributed by atoms with Gasteiger partial charge >= 0.3 is 5.97 Å². The smallest absolute Gasteiger partial charge is 0.323 e. The van der Waals surface area contributed by atoms with Crippen molar-refractivity contribution in [3.05, 3.63) is 0 Å². The molecule has 4 nitrogen and oxygen atoms in total. The number of carbonyl (C=O) groups is 1. The Morgan fingerprint density at radius 3 is 2.53 bits per heavy atom. The lowest BCUT2D eigenvalue weighted by atomic mass is 10.0. The van der Waals surface area contributed by atoms with Crippen molar-refractivity contribution in [1.29, 1.82) is 0 Å². The molecule has 0 aromatic rings. The molecular formula is C13H24N2O2. The quantitative estimate of drug-likeness (QED) is 0.689. The van der Waals surface area contributed by atoms with Gasteiger partial charge < -0.3 is 9.64 Å². The lowest BCUT2D eigenvalue weighted by Crippen LogP contribution is -2.47. The summed E-state index contributed by atoms with van der Waals surface area (Å²) >= 11 is 0. The Hall–Kier alpha value is -0.610. The zero-order chi connectivity index (χ0) is 12.1. The van der Waals surface area contributed by atoms with Gasteiger partial charge in [0.15, 0.2) is 0 Å². The van der Waals surface area contributed by atoms with Crippen molar-refractivity contribution in [3.8, 4) is 0 Å². The average molecular weight is 240 g/mol. The van der Waals surface area contributed by atoms with Crippen LogP contribution in [0.5, 0.6) is 0 Å². The number of ether oxygens (including phenoxy) is 1. The van der Waals surface area contributed by atoms with E-state index in [-0.39, 0.29) is 12.0 Å². The van der Waals surface area contributed by atoms with E-state index in [0.717, 1.165) is 32.5 Å². The number of piperidine rings is 1. The van der Waals surface area contributed by atoms with E-state index in [9.17, 15) is 4.79 Å². The zero-order valence-electron chi connectivity index (χ0n) is 10.9. The van der Waals surface area contributed by atoms with E-state index in [1.807, 2.05) is 0 Å². The highest BCUT2D eigenvalue weighted by molar-refractivity contribution is 5.75. The molecule has 2 rings (SSSR count). The van der Waals surface area contributed by atoms with E-state index in [0.29, 0.717) is 0 Å². The standard InChI is InChI=1S/C13H24N2O2/c1-17-13(16)12-6-2-3-9-15(12)11-10-14-7-4-5-8-14/h12H,2-11H2,1H3/t12-/m1/s1. The lowest BCUT2D eigenvalue weighted by Gasteiger charge is -2.34. The molecule has 0 bridgehead atoms. The normalized spacial score (nSPS) is 27.2. The molecule has 98 valence electrons. The van der Waals surface area contributed by atoms with Gasteiger partial charge in [0.05, 0.1) is 7.11 Å². The Morgan fingerprint density at radius 2 is 1.82 bits per heavy atom. The number of methoxy groups -OCH3 is 1. The van der Waals surface area contributed by atoms with Gasteiger partial charge in [0.2, 0.25) is 0 Å². The fraction of sp³-hybridized carbons (Fsp3) is 0.923. The summed E-state index contributed by atoms with van der Waals surface area (Å²) in [6.45, 7) is 5.63. The third-order valence-electron chi connectivity index (χ3n) is 3.99. The molecule has 4 heteroatoms. The van der Waals surface area contributed by atoms with E-state index in [1.54, 1.807) is 0 Å². The molecule has 17 heavy (non-hydrogen) atoms. The van der Waals surface area contributed by atoms with Gasteiger partial charge in [-0.3, -0.25) is 9.69 Å². The molecule has 0 N–H and O–H groups in total. The molecule has 2 aliphatic rings. The molecule has 0 aromatic heterocycles. The minimum Gasteiger partial charge on any atom is -0.468 e. The van der Waals surface area contributed by atoms with Crippen LogP contribution in [0.2, 0.25) is 0 Å². The number of esters is 1. The molecule has 2 fully saturated rings. The summed E-state index contributed by atoms with van der Waals surface area (Å²) in [5, 5.41) is 0. The largest absolute Gasteiger partial charge is 0.468 e. The molecule has 0 radical (unpaired) electrons. The van der Waals surface area contributed by atoms with Crippen LogP contribution >= 0.6 is 0 Å². The summed E-state index contributed by atoms with van der Waals surface area (Å²) in [4.78, 5) is 16.5. The number of likely N-dealkylation sites (tertiary alicyclic amines) is 2. The number of carbonyl (C=O) groups excluding carboxylic acids is 1. The second-order valence-corrected chi connectivity index (χ2v) is 5.12. The summed E-state index contributed by atoms with van der Waals surface area (Å²) in [5.74, 6) is -0.0499. The predicted octanol–water partition coefficient (Wildman–Crippen LogP) is 1.11. The topological polar surface area (TPSA) is 32.8 Å². The Balaban J connectivity index is 1.80. The first-order chi connectivity index (χ1) is 8.31. The van der Waals surface area contributed by atoms with Gasteiger partial charge in [0.25, 0.3) is 0 Å². The lowest BCUT2D eigenvalue weighted by molar-refractivity contribution is -0.148. The second-order valence-electron chi connectivity index (χ2n) is 5.12. The fourth-order valence-electron chi connectivity index (χ4n) is 2.94. The molecule has 0 saturated carbocycles. The minimum atomic E-state index is -0.0499. The van der Waals surface area contributed by atoms with Gasteiger partial charge in [-0.25, -0.2) is 0 Å². The Bertz CT molecular complexity index is 252. The molecule has 0 unspecified atom stereocenters. The second kappa shape index (κ2) is 6.36. The van der Waals surface area contributed by atoms with Crippen molar-refractivity contribution < 1.29 is 9.53 Å². The maximum atomic E-state index is 11.7. The van der Waals surface area contributed by atoms with Crippen LogP contribution in [0.4, 0.5) is 0 Å². The maximum Gasteiger partial charge on any atom is 0.323 e. The van der Waals surface area contributed by atoms with Crippen LogP contribution in [0.3, 0.4) is 0 Å². The predicted molar refractivity (Wildman–Crippen MR) is 66.9 cm³/mol. The van der Waals surface area contributed by atoms with E-state index < -0.39 is 0 Å². The molecule has 2 heterocycles. The van der Waals surface area contributed by atoms with Crippen LogP contribution in [0.15, 0.2) is 0 Å². The van der Waals surface area contributed by atoms with Gasteiger partial charge in [-0.15, -0.1) is 0 Å². The summed E-state index contributed by atoms with van der Waals surface area (Å²) < 4.78 is 4.90. The van der Waals surface area contributed by atoms with Gasteiger partial charge in [-0.2, -0.15) is 0 Å². The third kappa shape index (κ3) is 3.42. The summed E-state index contributed by atoms with van der Waals surface area (Å²) in [6.07, 6.45) is 6.00. The van der Waals surface area contributed by atoms with E-state index in [1.165, 1.54) is 39.5 Å². The van der Waals surface area contributed by atoms with Crippen molar-refractivity contribution in [3.63, 3.8) is 0 Å². The summed E-state index contributed by atoms with van der Waals surface area (Å²) in [5.41, 5.74) is 0. The number of nitrogens with zero attached hydrogens (tertiary/aromatic N) is 2. The van der Waals surface area contributed by atoms with Crippen molar-refractivity contribution in [2.24, 2.45) is 0 Å². The van der Waals surface area contributed by atoms with Gasteiger partial charge in [0, 0.05) is 13.1 Å². The SMILES string of the molecule is COC(=O)[C@H]1CCCCN1CCN1CCCC1. The third-order valence-corrected chi connectivity index (χ3v) is 3.99. The van der Waals surface area contributed by atoms with Crippen LogP contribution in [-0.4, -0.2) is 61.6 Å². The first-order valence-corrected chi connectivity index (χ1v) is 6.85. The van der Waals surface area contributed by atoms with E-state index >= 15 is 0 Å². The van der Waals surface area contributed by atoms with Gasteiger partial charge in [-0.05, 0) is 45.3 Å². The Labute approximate surface area is 104 Å². The highest BCUT2D eigenvalue weighted by Crippen LogP contribution is 2.18. The number of hydrogen-bond donors (Lipinski definition) is 0. The van der Waals surface area contributed by atoms with E-state index in [2.05, 4.69) is 9.80 Å². The van der Waals surface area contributed by atoms with Crippen LogP contribution in [0.1, 0.15) is 32.1 Å². The molecular weight excluding hydrogens is 216 g/mol. The minimum absolute atomic E-state index is 0.0105. The molecule has 0 spiro atoms. The monoisotopic (exact) mass is 240 g/mol. The van der Waals surface area contributed by atoms with Crippen molar-refractivity contribution in [1.82, 2.24) is 9.80 Å². The molecule has 0 aliphatic carbocycles. The van der Waals surface area contributed by atoms with Crippen LogP contribution in [-0.2, 0) is 9.53 Å². The summed E-state index contributed by atoms with van der Waals surface area (Å²) in [6, 6.07) is 0.0105. The number of rotatable bonds is 4. The maximum absolute atomic E-state index is 11.7. The van der Waals surface area contributed by atoms with Crippen LogP contribution < -0.4 is 0 Å². The molecule has 2 aliphatic heterocycles. The van der Waals surface area contributed by atoms with Crippen LogP contribution in [0.25, 0.3) is 0 Å². The average Bonchev–Trinajstić information content (AvgIpc) is 2.89. The first-order valence-electron chi connectivity index (χ1n) is 6.85. The van der Waals surface area contributed by atoms with Gasteiger partial charge in [0.1, 0.15) is 6.04 Å². The molecule has 0 aromatic carbocycles. The Kier molecular flexibility index (Phi) is 4.80. The molecule has 2 saturated heterocycles. The highest BCUT2D eigenvalue weighted by atomic mass is 16.5. The molecule has 0 amide bonds. The zero-order valence-corrected chi connectivity index (χ0v) is 10.9. The Morgan fingerprint density at radius 1 is 1.12 bits per heavy atom. The van der Waals surface area contributed by atoms with Crippen molar-refractivity contribution >= 4 is 5.97 Å². The van der Waals surface area contributed by atoms with Crippen molar-refractivity contribution in [2.75, 3.05) is 39.8 Å². The highest BCUT2D eigenvalue weighted by Gasteiger charge is 2.29.